The van der Waals surface area contributed by atoms with Crippen molar-refractivity contribution in [3.63, 3.8) is 0 Å². The molecule has 1 atom stereocenters. The maximum atomic E-state index is 13.3. The Hall–Kier alpha value is -4.39. The zero-order valence-corrected chi connectivity index (χ0v) is 20.0. The third-order valence-corrected chi connectivity index (χ3v) is 6.71. The second-order valence-electron chi connectivity index (χ2n) is 8.89. The molecular formula is C29H25NO6. The number of esters is 1. The molecule has 1 N–H and O–H groups in total. The van der Waals surface area contributed by atoms with Crippen molar-refractivity contribution in [3.8, 4) is 5.75 Å². The first-order valence-electron chi connectivity index (χ1n) is 11.7. The normalized spacial score (nSPS) is 18.2. The lowest BCUT2D eigenvalue weighted by Crippen LogP contribution is -2.29. The van der Waals surface area contributed by atoms with Crippen molar-refractivity contribution >= 4 is 23.4 Å². The van der Waals surface area contributed by atoms with Gasteiger partial charge in [0.25, 0.3) is 11.7 Å². The number of aliphatic hydroxyl groups excluding tert-OH is 1. The van der Waals surface area contributed by atoms with Crippen molar-refractivity contribution in [3.05, 3.63) is 106 Å². The first kappa shape index (κ1) is 23.4. The number of carbonyl (C=O) groups is 3. The fraction of sp³-hybridized carbons (Fsp3) is 0.207. The molecule has 0 aromatic heterocycles. The van der Waals surface area contributed by atoms with Crippen molar-refractivity contribution in [2.45, 2.75) is 25.9 Å². The molecule has 0 saturated carbocycles. The number of rotatable bonds is 5. The van der Waals surface area contributed by atoms with Crippen LogP contribution in [-0.2, 0) is 27.3 Å². The molecule has 1 unspecified atom stereocenters. The molecule has 0 aliphatic carbocycles. The lowest BCUT2D eigenvalue weighted by molar-refractivity contribution is -0.140. The van der Waals surface area contributed by atoms with Gasteiger partial charge in [-0.25, -0.2) is 4.79 Å². The van der Waals surface area contributed by atoms with Gasteiger partial charge in [-0.05, 0) is 59.5 Å². The van der Waals surface area contributed by atoms with E-state index in [1.807, 2.05) is 37.3 Å². The minimum Gasteiger partial charge on any atom is -0.507 e. The molecule has 2 heterocycles. The summed E-state index contributed by atoms with van der Waals surface area (Å²) in [5.41, 5.74) is 4.25. The van der Waals surface area contributed by atoms with Crippen molar-refractivity contribution in [2.75, 3.05) is 13.7 Å². The Morgan fingerprint density at radius 1 is 1.06 bits per heavy atom. The number of ether oxygens (including phenoxy) is 2. The molecule has 5 rings (SSSR count). The molecule has 0 radical (unpaired) electrons. The molecule has 1 saturated heterocycles. The van der Waals surface area contributed by atoms with Gasteiger partial charge in [0.15, 0.2) is 0 Å². The second-order valence-corrected chi connectivity index (χ2v) is 8.89. The van der Waals surface area contributed by atoms with E-state index < -0.39 is 23.7 Å². The van der Waals surface area contributed by atoms with E-state index >= 15 is 0 Å². The number of ketones is 1. The Bertz CT molecular complexity index is 1410. The Kier molecular flexibility index (Phi) is 6.06. The van der Waals surface area contributed by atoms with Crippen LogP contribution >= 0.6 is 0 Å². The summed E-state index contributed by atoms with van der Waals surface area (Å²) in [4.78, 5) is 39.9. The van der Waals surface area contributed by atoms with Crippen LogP contribution in [0.5, 0.6) is 5.75 Å². The molecule has 7 heteroatoms. The van der Waals surface area contributed by atoms with E-state index in [0.717, 1.165) is 28.0 Å². The van der Waals surface area contributed by atoms with Crippen LogP contribution in [0.2, 0.25) is 0 Å². The van der Waals surface area contributed by atoms with Gasteiger partial charge in [-0.3, -0.25) is 9.59 Å². The smallest absolute Gasteiger partial charge is 0.337 e. The summed E-state index contributed by atoms with van der Waals surface area (Å²) in [6.45, 7) is 2.61. The molecule has 36 heavy (non-hydrogen) atoms. The zero-order chi connectivity index (χ0) is 25.4. The summed E-state index contributed by atoms with van der Waals surface area (Å²) in [7, 11) is 1.31. The average Bonchev–Trinajstić information content (AvgIpc) is 3.46. The van der Waals surface area contributed by atoms with Gasteiger partial charge >= 0.3 is 5.97 Å². The highest BCUT2D eigenvalue weighted by atomic mass is 16.5. The first-order chi connectivity index (χ1) is 17.4. The highest BCUT2D eigenvalue weighted by molar-refractivity contribution is 6.46. The fourth-order valence-electron chi connectivity index (χ4n) is 4.81. The van der Waals surface area contributed by atoms with Crippen molar-refractivity contribution in [2.24, 2.45) is 0 Å². The summed E-state index contributed by atoms with van der Waals surface area (Å²) in [5, 5.41) is 11.4. The van der Waals surface area contributed by atoms with Gasteiger partial charge in [-0.2, -0.15) is 0 Å². The third-order valence-electron chi connectivity index (χ3n) is 6.71. The van der Waals surface area contributed by atoms with Crippen molar-refractivity contribution in [1.82, 2.24) is 4.90 Å². The first-order valence-corrected chi connectivity index (χ1v) is 11.7. The van der Waals surface area contributed by atoms with Crippen LogP contribution in [0.3, 0.4) is 0 Å². The van der Waals surface area contributed by atoms with Crippen LogP contribution in [0.1, 0.15) is 44.2 Å². The van der Waals surface area contributed by atoms with E-state index in [0.29, 0.717) is 24.2 Å². The molecule has 1 fully saturated rings. The minimum absolute atomic E-state index is 0.0550. The number of fused-ring (bicyclic) bond motifs is 1. The van der Waals surface area contributed by atoms with E-state index in [2.05, 4.69) is 0 Å². The van der Waals surface area contributed by atoms with Crippen LogP contribution in [0, 0.1) is 6.92 Å². The van der Waals surface area contributed by atoms with Gasteiger partial charge in [0.2, 0.25) is 0 Å². The highest BCUT2D eigenvalue weighted by Crippen LogP contribution is 2.42. The third kappa shape index (κ3) is 4.02. The van der Waals surface area contributed by atoms with E-state index in [4.69, 9.17) is 9.47 Å². The van der Waals surface area contributed by atoms with Crippen LogP contribution in [-0.4, -0.2) is 41.4 Å². The molecule has 3 aromatic carbocycles. The zero-order valence-electron chi connectivity index (χ0n) is 20.0. The SMILES string of the molecule is COC(=O)c1ccc(CN2C(=O)C(=O)/C(=C(/O)c3ccc4c(c3)CCO4)C2c2ccccc2C)cc1. The molecule has 2 aliphatic rings. The van der Waals surface area contributed by atoms with E-state index in [9.17, 15) is 19.5 Å². The van der Waals surface area contributed by atoms with Gasteiger partial charge in [0.1, 0.15) is 11.5 Å². The van der Waals surface area contributed by atoms with Crippen LogP contribution < -0.4 is 4.74 Å². The minimum atomic E-state index is -0.768. The number of carbonyl (C=O) groups excluding carboxylic acids is 3. The fourth-order valence-corrected chi connectivity index (χ4v) is 4.81. The number of aryl methyl sites for hydroxylation is 1. The van der Waals surface area contributed by atoms with Crippen molar-refractivity contribution < 1.29 is 29.0 Å². The molecule has 7 nitrogen and oxygen atoms in total. The maximum Gasteiger partial charge on any atom is 0.337 e. The molecule has 0 spiro atoms. The Labute approximate surface area is 208 Å². The number of hydrogen-bond acceptors (Lipinski definition) is 6. The molecular weight excluding hydrogens is 458 g/mol. The number of likely N-dealkylation sites (tertiary alicyclic amines) is 1. The Balaban J connectivity index is 1.59. The van der Waals surface area contributed by atoms with Gasteiger partial charge < -0.3 is 19.5 Å². The summed E-state index contributed by atoms with van der Waals surface area (Å²) >= 11 is 0. The maximum absolute atomic E-state index is 13.3. The number of aliphatic hydroxyl groups is 1. The Morgan fingerprint density at radius 2 is 1.78 bits per heavy atom. The average molecular weight is 484 g/mol. The van der Waals surface area contributed by atoms with E-state index in [1.54, 1.807) is 36.4 Å². The number of methoxy groups -OCH3 is 1. The number of Topliss-reactive ketones (excluding diaryl/α,β-unsaturated/α-hetero) is 1. The largest absolute Gasteiger partial charge is 0.507 e. The van der Waals surface area contributed by atoms with Gasteiger partial charge in [-0.1, -0.05) is 36.4 Å². The number of amides is 1. The summed E-state index contributed by atoms with van der Waals surface area (Å²) in [5.74, 6) is -1.32. The molecule has 1 amide bonds. The van der Waals surface area contributed by atoms with Crippen molar-refractivity contribution in [1.29, 1.82) is 0 Å². The van der Waals surface area contributed by atoms with Gasteiger partial charge in [0, 0.05) is 18.5 Å². The lowest BCUT2D eigenvalue weighted by Gasteiger charge is -2.26. The predicted octanol–water partition coefficient (Wildman–Crippen LogP) is 4.34. The van der Waals surface area contributed by atoms with Crippen LogP contribution in [0.4, 0.5) is 0 Å². The number of hydrogen-bond donors (Lipinski definition) is 1. The van der Waals surface area contributed by atoms with Gasteiger partial charge in [-0.15, -0.1) is 0 Å². The quantitative estimate of drug-likeness (QED) is 0.251. The monoisotopic (exact) mass is 483 g/mol. The molecule has 182 valence electrons. The topological polar surface area (TPSA) is 93.1 Å². The summed E-state index contributed by atoms with van der Waals surface area (Å²) < 4.78 is 10.3. The standard InChI is InChI=1S/C29H25NO6/c1-17-5-3-4-6-22(17)25-24(26(31)21-11-12-23-20(15-21)13-14-36-23)27(32)28(33)30(25)16-18-7-9-19(10-8-18)29(34)35-2/h3-12,15,25,31H,13-14,16H2,1-2H3/b26-24+. The van der Waals surface area contributed by atoms with E-state index in [1.165, 1.54) is 12.0 Å². The summed E-state index contributed by atoms with van der Waals surface area (Å²) in [6, 6.07) is 18.7. The van der Waals surface area contributed by atoms with E-state index in [-0.39, 0.29) is 17.9 Å². The number of nitrogens with zero attached hydrogens (tertiary/aromatic N) is 1. The second kappa shape index (κ2) is 9.34. The summed E-state index contributed by atoms with van der Waals surface area (Å²) in [6.07, 6.45) is 0.716. The van der Waals surface area contributed by atoms with Gasteiger partial charge in [0.05, 0.1) is 30.9 Å². The number of benzene rings is 3. The lowest BCUT2D eigenvalue weighted by atomic mass is 9.92. The molecule has 0 bridgehead atoms. The predicted molar refractivity (Wildman–Crippen MR) is 132 cm³/mol. The highest BCUT2D eigenvalue weighted by Gasteiger charge is 2.46. The Morgan fingerprint density at radius 3 is 2.50 bits per heavy atom. The van der Waals surface area contributed by atoms with Crippen LogP contribution in [0.15, 0.2) is 72.3 Å². The molecule has 3 aromatic rings. The van der Waals surface area contributed by atoms with Crippen LogP contribution in [0.25, 0.3) is 5.76 Å². The molecule has 2 aliphatic heterocycles.